The first-order valence-electron chi connectivity index (χ1n) is 8.01. The summed E-state index contributed by atoms with van der Waals surface area (Å²) in [6.07, 6.45) is 7.58. The van der Waals surface area contributed by atoms with Gasteiger partial charge < -0.3 is 30.1 Å². The molecule has 0 atom stereocenters. The third kappa shape index (κ3) is 4.81. The van der Waals surface area contributed by atoms with Crippen LogP contribution in [0.1, 0.15) is 17.5 Å². The molecule has 1 aliphatic rings. The van der Waals surface area contributed by atoms with E-state index in [4.69, 9.17) is 5.32 Å². The third-order valence-corrected chi connectivity index (χ3v) is 4.33. The van der Waals surface area contributed by atoms with Crippen molar-refractivity contribution in [3.05, 3.63) is 101 Å². The molecule has 0 heterocycles. The van der Waals surface area contributed by atoms with Crippen LogP contribution in [0.4, 0.5) is 5.69 Å². The van der Waals surface area contributed by atoms with Crippen LogP contribution in [0, 0.1) is 0 Å². The molecule has 4 heteroatoms. The fraction of sp³-hybridized carbons (Fsp3) is 0.0909. The van der Waals surface area contributed by atoms with Crippen molar-refractivity contribution in [3.8, 4) is 0 Å². The van der Waals surface area contributed by atoms with Gasteiger partial charge >= 0.3 is 21.7 Å². The van der Waals surface area contributed by atoms with Gasteiger partial charge in [0.2, 0.25) is 0 Å². The summed E-state index contributed by atoms with van der Waals surface area (Å²) in [5, 5.41) is 7.39. The Morgan fingerprint density at radius 1 is 0.808 bits per heavy atom. The number of fused-ring (bicyclic) bond motifs is 1. The second-order valence-corrected chi connectivity index (χ2v) is 5.79. The average Bonchev–Trinajstić information content (AvgIpc) is 3.15. The van der Waals surface area contributed by atoms with Gasteiger partial charge in [-0.2, -0.15) is 0 Å². The maximum Gasteiger partial charge on any atom is 3.00 e. The van der Waals surface area contributed by atoms with E-state index >= 15 is 0 Å². The predicted molar refractivity (Wildman–Crippen MR) is 98.8 cm³/mol. The van der Waals surface area contributed by atoms with E-state index < -0.39 is 0 Å². The van der Waals surface area contributed by atoms with Gasteiger partial charge in [-0.15, -0.1) is 12.2 Å². The van der Waals surface area contributed by atoms with Gasteiger partial charge in [0.15, 0.2) is 0 Å². The quantitative estimate of drug-likeness (QED) is 0.548. The Kier molecular flexibility index (Phi) is 9.18. The Labute approximate surface area is 182 Å². The van der Waals surface area contributed by atoms with Gasteiger partial charge in [0, 0.05) is 0 Å². The summed E-state index contributed by atoms with van der Waals surface area (Å²) in [5.74, 6) is 0. The Balaban J connectivity index is 0.00000113. The normalized spacial score (nSPS) is 11.8. The molecule has 0 aromatic heterocycles. The maximum absolute atomic E-state index is 4.81. The van der Waals surface area contributed by atoms with Gasteiger partial charge in [-0.05, 0) is 28.3 Å². The van der Waals surface area contributed by atoms with Crippen LogP contribution in [-0.4, -0.2) is 0 Å². The van der Waals surface area contributed by atoms with Crippen molar-refractivity contribution in [1.29, 1.82) is 0 Å². The van der Waals surface area contributed by atoms with Gasteiger partial charge in [0.25, 0.3) is 0 Å². The van der Waals surface area contributed by atoms with E-state index in [1.807, 2.05) is 18.2 Å². The molecule has 0 bridgehead atoms. The Morgan fingerprint density at radius 3 is 2.27 bits per heavy atom. The van der Waals surface area contributed by atoms with E-state index in [9.17, 15) is 0 Å². The smallest absolute Gasteiger partial charge is 1.00 e. The molecule has 3 aromatic rings. The van der Waals surface area contributed by atoms with Gasteiger partial charge in [0.05, 0.1) is 0 Å². The van der Waals surface area contributed by atoms with Crippen LogP contribution in [0.3, 0.4) is 0 Å². The van der Waals surface area contributed by atoms with Crippen LogP contribution in [0.25, 0.3) is 21.7 Å². The fourth-order valence-electron chi connectivity index (χ4n) is 3.16. The van der Waals surface area contributed by atoms with Crippen LogP contribution in [0.2, 0.25) is 0 Å². The first-order valence-corrected chi connectivity index (χ1v) is 8.01. The molecule has 4 rings (SSSR count). The van der Waals surface area contributed by atoms with Crippen molar-refractivity contribution >= 4 is 22.0 Å². The standard InChI is InChI=1S/C22H18N.2ClH.Ti/c1-2-11-19(12-3-1)23-16-22-20-13-7-6-10-18(20)14-15-21(22)17-8-4-5-9-17;;;/h1-8,10-15H,9,16H2;2*1H;/q-1;;;+3/p-2. The second kappa shape index (κ2) is 10.6. The Bertz CT molecular complexity index is 904. The first-order chi connectivity index (χ1) is 11.4. The molecular formula is C22H18Cl2NTi. The summed E-state index contributed by atoms with van der Waals surface area (Å²) in [6.45, 7) is 0.706. The number of hydrogen-bond acceptors (Lipinski definition) is 0. The SMILES string of the molecule is C1=CCC(c2ccc3ccccc3c2C[N-]c2ccccc2)=C1.[Cl-].[Cl-].[Ti+3]. The summed E-state index contributed by atoms with van der Waals surface area (Å²) in [5.41, 5.74) is 5.06. The minimum absolute atomic E-state index is 0. The zero-order valence-corrected chi connectivity index (χ0v) is 17.3. The molecule has 0 N–H and O–H groups in total. The van der Waals surface area contributed by atoms with Crippen LogP contribution >= 0.6 is 0 Å². The van der Waals surface area contributed by atoms with Crippen molar-refractivity contribution in [2.75, 3.05) is 0 Å². The molecule has 0 unspecified atom stereocenters. The van der Waals surface area contributed by atoms with Crippen LogP contribution in [0.5, 0.6) is 0 Å². The number of benzene rings is 3. The number of hydrogen-bond donors (Lipinski definition) is 0. The van der Waals surface area contributed by atoms with Crippen molar-refractivity contribution in [1.82, 2.24) is 0 Å². The Hall–Kier alpha value is -1.51. The largest absolute Gasteiger partial charge is 3.00 e. The molecule has 129 valence electrons. The van der Waals surface area contributed by atoms with Gasteiger partial charge in [-0.25, -0.2) is 0 Å². The summed E-state index contributed by atoms with van der Waals surface area (Å²) in [4.78, 5) is 0. The molecular weight excluding hydrogens is 397 g/mol. The number of halogens is 2. The summed E-state index contributed by atoms with van der Waals surface area (Å²) >= 11 is 0. The molecule has 0 spiro atoms. The topological polar surface area (TPSA) is 14.1 Å². The van der Waals surface area contributed by atoms with Crippen molar-refractivity contribution in [2.45, 2.75) is 13.0 Å². The number of nitrogens with zero attached hydrogens (tertiary/aromatic N) is 1. The van der Waals surface area contributed by atoms with E-state index in [0.29, 0.717) is 6.54 Å². The molecule has 26 heavy (non-hydrogen) atoms. The zero-order valence-electron chi connectivity index (χ0n) is 14.2. The van der Waals surface area contributed by atoms with E-state index in [1.54, 1.807) is 0 Å². The molecule has 3 aromatic carbocycles. The third-order valence-electron chi connectivity index (χ3n) is 4.33. The van der Waals surface area contributed by atoms with Crippen LogP contribution in [-0.2, 0) is 28.3 Å². The maximum atomic E-state index is 4.81. The van der Waals surface area contributed by atoms with E-state index in [0.717, 1.165) is 12.1 Å². The predicted octanol–water partition coefficient (Wildman–Crippen LogP) is 0.394. The number of para-hydroxylation sites is 1. The fourth-order valence-corrected chi connectivity index (χ4v) is 3.16. The van der Waals surface area contributed by atoms with Crippen molar-refractivity contribution in [2.24, 2.45) is 0 Å². The number of rotatable bonds is 4. The van der Waals surface area contributed by atoms with Gasteiger partial charge in [-0.3, -0.25) is 0 Å². The Morgan fingerprint density at radius 2 is 1.54 bits per heavy atom. The molecule has 0 aliphatic heterocycles. The van der Waals surface area contributed by atoms with Crippen molar-refractivity contribution in [3.63, 3.8) is 0 Å². The van der Waals surface area contributed by atoms with Gasteiger partial charge in [-0.1, -0.05) is 90.5 Å². The minimum Gasteiger partial charge on any atom is -1.00 e. The molecule has 0 saturated carbocycles. The molecule has 0 amide bonds. The van der Waals surface area contributed by atoms with E-state index in [-0.39, 0.29) is 46.5 Å². The monoisotopic (exact) mass is 414 g/mol. The molecule has 0 fully saturated rings. The van der Waals surface area contributed by atoms with Gasteiger partial charge in [0.1, 0.15) is 0 Å². The molecule has 0 saturated heterocycles. The minimum atomic E-state index is 0. The molecule has 1 aliphatic carbocycles. The van der Waals surface area contributed by atoms with Crippen molar-refractivity contribution < 1.29 is 46.5 Å². The summed E-state index contributed by atoms with van der Waals surface area (Å²) < 4.78 is 0. The average molecular weight is 415 g/mol. The van der Waals surface area contributed by atoms with Crippen LogP contribution < -0.4 is 24.8 Å². The summed E-state index contributed by atoms with van der Waals surface area (Å²) in [6, 6.07) is 23.3. The first kappa shape index (κ1) is 22.5. The molecule has 1 radical (unpaired) electrons. The van der Waals surface area contributed by atoms with E-state index in [2.05, 4.69) is 66.8 Å². The number of allylic oxidation sites excluding steroid dienone is 4. The van der Waals surface area contributed by atoms with Crippen LogP contribution in [0.15, 0.2) is 85.0 Å². The second-order valence-electron chi connectivity index (χ2n) is 5.79. The van der Waals surface area contributed by atoms with E-state index in [1.165, 1.54) is 27.5 Å². The molecule has 1 nitrogen and oxygen atoms in total. The zero-order chi connectivity index (χ0) is 15.5. The summed E-state index contributed by atoms with van der Waals surface area (Å²) in [7, 11) is 0.